The number of amides is 1. The van der Waals surface area contributed by atoms with Gasteiger partial charge in [0.1, 0.15) is 11.6 Å². The maximum absolute atomic E-state index is 14.1. The standard InChI is InChI=1S/C27H24F5N3O/c28-20-6-8-21(9-7-20)34-11-12-35-24-10-5-19(27(30,31)32)13-18(24)14-22(25(35)16-34)26(36)33-15-17-3-1-2-4-23(17)29/h1-10,13,22,25H,11-12,14-16H2,(H,33,36)/t22-,25-/m1/s1. The minimum absolute atomic E-state index is 0.0220. The van der Waals surface area contributed by atoms with Crippen LogP contribution in [0.4, 0.5) is 33.3 Å². The number of nitrogens with zero attached hydrogens (tertiary/aromatic N) is 2. The predicted octanol–water partition coefficient (Wildman–Crippen LogP) is 5.17. The zero-order chi connectivity index (χ0) is 25.4. The van der Waals surface area contributed by atoms with E-state index in [9.17, 15) is 26.7 Å². The van der Waals surface area contributed by atoms with Crippen molar-refractivity contribution in [3.8, 4) is 0 Å². The number of halogens is 5. The largest absolute Gasteiger partial charge is 0.416 e. The van der Waals surface area contributed by atoms with Crippen LogP contribution in [0.25, 0.3) is 0 Å². The first-order valence-corrected chi connectivity index (χ1v) is 11.7. The van der Waals surface area contributed by atoms with Crippen LogP contribution in [0.15, 0.2) is 66.7 Å². The predicted molar refractivity (Wildman–Crippen MR) is 127 cm³/mol. The van der Waals surface area contributed by atoms with Gasteiger partial charge in [-0.2, -0.15) is 13.2 Å². The minimum atomic E-state index is -4.49. The molecular weight excluding hydrogens is 477 g/mol. The van der Waals surface area contributed by atoms with Gasteiger partial charge in [-0.1, -0.05) is 18.2 Å². The third-order valence-electron chi connectivity index (χ3n) is 6.98. The summed E-state index contributed by atoms with van der Waals surface area (Å²) in [5, 5.41) is 2.78. The number of hydrogen-bond donors (Lipinski definition) is 1. The van der Waals surface area contributed by atoms with Crippen LogP contribution in [0.5, 0.6) is 0 Å². The van der Waals surface area contributed by atoms with Crippen LogP contribution in [0, 0.1) is 17.6 Å². The van der Waals surface area contributed by atoms with Crippen molar-refractivity contribution in [1.82, 2.24) is 5.32 Å². The van der Waals surface area contributed by atoms with Crippen LogP contribution >= 0.6 is 0 Å². The first kappa shape index (κ1) is 24.1. The molecule has 1 N–H and O–H groups in total. The van der Waals surface area contributed by atoms with Gasteiger partial charge in [-0.25, -0.2) is 8.78 Å². The highest BCUT2D eigenvalue weighted by molar-refractivity contribution is 5.82. The lowest BCUT2D eigenvalue weighted by molar-refractivity contribution is -0.137. The number of piperazine rings is 1. The lowest BCUT2D eigenvalue weighted by atomic mass is 9.82. The molecule has 9 heteroatoms. The van der Waals surface area contributed by atoms with Crippen molar-refractivity contribution in [3.05, 3.63) is 95.1 Å². The molecule has 2 atom stereocenters. The molecule has 1 amide bonds. The van der Waals surface area contributed by atoms with Crippen LogP contribution in [0.3, 0.4) is 0 Å². The van der Waals surface area contributed by atoms with Gasteiger partial charge in [-0.3, -0.25) is 4.79 Å². The minimum Gasteiger partial charge on any atom is -0.368 e. The van der Waals surface area contributed by atoms with Crippen molar-refractivity contribution >= 4 is 17.3 Å². The Bertz CT molecular complexity index is 1260. The van der Waals surface area contributed by atoms with Gasteiger partial charge >= 0.3 is 6.18 Å². The number of carbonyl (C=O) groups is 1. The molecular formula is C27H24F5N3O. The Hall–Kier alpha value is -3.62. The summed E-state index contributed by atoms with van der Waals surface area (Å²) >= 11 is 0. The number of benzene rings is 3. The first-order chi connectivity index (χ1) is 17.2. The molecule has 1 saturated heterocycles. The van der Waals surface area contributed by atoms with E-state index >= 15 is 0 Å². The van der Waals surface area contributed by atoms with Crippen molar-refractivity contribution in [3.63, 3.8) is 0 Å². The highest BCUT2D eigenvalue weighted by Gasteiger charge is 2.42. The molecule has 0 aliphatic carbocycles. The molecule has 2 heterocycles. The smallest absolute Gasteiger partial charge is 0.368 e. The van der Waals surface area contributed by atoms with Crippen LogP contribution in [0.2, 0.25) is 0 Å². The molecule has 36 heavy (non-hydrogen) atoms. The van der Waals surface area contributed by atoms with Crippen molar-refractivity contribution in [1.29, 1.82) is 0 Å². The van der Waals surface area contributed by atoms with E-state index in [2.05, 4.69) is 5.32 Å². The van der Waals surface area contributed by atoms with E-state index in [-0.39, 0.29) is 30.7 Å². The number of carbonyl (C=O) groups excluding carboxylic acids is 1. The Morgan fingerprint density at radius 2 is 1.72 bits per heavy atom. The SMILES string of the molecule is O=C(NCc1ccccc1F)[C@@H]1Cc2cc(C(F)(F)F)ccc2N2CCN(c3ccc(F)cc3)C[C@H]12. The number of nitrogens with one attached hydrogen (secondary N) is 1. The summed E-state index contributed by atoms with van der Waals surface area (Å²) in [6.07, 6.45) is -4.36. The molecule has 1 fully saturated rings. The van der Waals surface area contributed by atoms with Crippen LogP contribution in [-0.4, -0.2) is 31.6 Å². The van der Waals surface area contributed by atoms with Crippen LogP contribution in [-0.2, 0) is 23.9 Å². The van der Waals surface area contributed by atoms with E-state index in [0.717, 1.165) is 17.8 Å². The number of alkyl halides is 3. The van der Waals surface area contributed by atoms with Gasteiger partial charge < -0.3 is 15.1 Å². The monoisotopic (exact) mass is 501 g/mol. The van der Waals surface area contributed by atoms with Crippen LogP contribution < -0.4 is 15.1 Å². The van der Waals surface area contributed by atoms with Gasteiger partial charge in [0.05, 0.1) is 17.5 Å². The van der Waals surface area contributed by atoms with Gasteiger partial charge in [-0.15, -0.1) is 0 Å². The van der Waals surface area contributed by atoms with E-state index in [0.29, 0.717) is 36.4 Å². The second-order valence-corrected chi connectivity index (χ2v) is 9.14. The van der Waals surface area contributed by atoms with Gasteiger partial charge in [0.15, 0.2) is 0 Å². The summed E-state index contributed by atoms with van der Waals surface area (Å²) in [6.45, 7) is 1.46. The average Bonchev–Trinajstić information content (AvgIpc) is 2.86. The van der Waals surface area contributed by atoms with Crippen molar-refractivity contribution in [2.75, 3.05) is 29.4 Å². The third-order valence-corrected chi connectivity index (χ3v) is 6.98. The fraction of sp³-hybridized carbons (Fsp3) is 0.296. The Morgan fingerprint density at radius 3 is 2.44 bits per heavy atom. The molecule has 2 aliphatic heterocycles. The second kappa shape index (κ2) is 9.44. The average molecular weight is 501 g/mol. The Morgan fingerprint density at radius 1 is 0.972 bits per heavy atom. The first-order valence-electron chi connectivity index (χ1n) is 11.7. The van der Waals surface area contributed by atoms with Crippen molar-refractivity contribution in [2.24, 2.45) is 5.92 Å². The Kier molecular flexibility index (Phi) is 6.32. The molecule has 3 aromatic carbocycles. The number of rotatable bonds is 4. The Balaban J connectivity index is 1.44. The van der Waals surface area contributed by atoms with E-state index in [4.69, 9.17) is 0 Å². The van der Waals surface area contributed by atoms with Crippen molar-refractivity contribution in [2.45, 2.75) is 25.2 Å². The van der Waals surface area contributed by atoms with E-state index in [1.54, 1.807) is 30.3 Å². The number of anilines is 2. The summed E-state index contributed by atoms with van der Waals surface area (Å²) in [5.74, 6) is -1.80. The highest BCUT2D eigenvalue weighted by atomic mass is 19.4. The quantitative estimate of drug-likeness (QED) is 0.502. The molecule has 0 saturated carbocycles. The van der Waals surface area contributed by atoms with Gasteiger partial charge in [0.2, 0.25) is 5.91 Å². The topological polar surface area (TPSA) is 35.6 Å². The fourth-order valence-electron chi connectivity index (χ4n) is 5.14. The molecule has 5 rings (SSSR count). The zero-order valence-electron chi connectivity index (χ0n) is 19.2. The molecule has 3 aromatic rings. The van der Waals surface area contributed by atoms with Crippen LogP contribution in [0.1, 0.15) is 16.7 Å². The summed E-state index contributed by atoms with van der Waals surface area (Å²) in [6, 6.07) is 15.5. The maximum atomic E-state index is 14.1. The molecule has 188 valence electrons. The second-order valence-electron chi connectivity index (χ2n) is 9.14. The molecule has 0 spiro atoms. The van der Waals surface area contributed by atoms with Gasteiger partial charge in [-0.05, 0) is 60.5 Å². The molecule has 0 aromatic heterocycles. The van der Waals surface area contributed by atoms with E-state index in [1.165, 1.54) is 24.3 Å². The number of fused-ring (bicyclic) bond motifs is 3. The van der Waals surface area contributed by atoms with E-state index in [1.807, 2.05) is 9.80 Å². The normalized spacial score (nSPS) is 19.5. The zero-order valence-corrected chi connectivity index (χ0v) is 19.2. The summed E-state index contributed by atoms with van der Waals surface area (Å²) in [7, 11) is 0. The van der Waals surface area contributed by atoms with E-state index < -0.39 is 23.5 Å². The third kappa shape index (κ3) is 4.74. The summed E-state index contributed by atoms with van der Waals surface area (Å²) in [4.78, 5) is 17.4. The van der Waals surface area contributed by atoms with Crippen molar-refractivity contribution < 1.29 is 26.7 Å². The summed E-state index contributed by atoms with van der Waals surface area (Å²) < 4.78 is 67.7. The van der Waals surface area contributed by atoms with Gasteiger partial charge in [0, 0.05) is 43.1 Å². The molecule has 4 nitrogen and oxygen atoms in total. The maximum Gasteiger partial charge on any atom is 0.416 e. The lowest BCUT2D eigenvalue weighted by Crippen LogP contribution is -2.61. The fourth-order valence-corrected chi connectivity index (χ4v) is 5.14. The van der Waals surface area contributed by atoms with Gasteiger partial charge in [0.25, 0.3) is 0 Å². The highest BCUT2D eigenvalue weighted by Crippen LogP contribution is 2.40. The lowest BCUT2D eigenvalue weighted by Gasteiger charge is -2.49. The molecule has 2 aliphatic rings. The summed E-state index contributed by atoms with van der Waals surface area (Å²) in [5.41, 5.74) is 1.53. The Labute approximate surface area is 205 Å². The molecule has 0 unspecified atom stereocenters. The molecule has 0 radical (unpaired) electrons. The number of hydrogen-bond acceptors (Lipinski definition) is 3. The molecule has 0 bridgehead atoms.